The van der Waals surface area contributed by atoms with Gasteiger partial charge in [-0.2, -0.15) is 0 Å². The van der Waals surface area contributed by atoms with E-state index in [1.807, 2.05) is 0 Å². The standard InChI is InChI=1S/C15H24O/c1-11(2)13-7-9-14(4)8-5-6-12(3)15(14,16)10-13/h13,16H,1,3,5-10H2,2,4H3. The lowest BCUT2D eigenvalue weighted by Crippen LogP contribution is -2.54. The van der Waals surface area contributed by atoms with Crippen LogP contribution in [0.25, 0.3) is 0 Å². The molecule has 16 heavy (non-hydrogen) atoms. The van der Waals surface area contributed by atoms with Crippen LogP contribution in [0.15, 0.2) is 24.3 Å². The maximum absolute atomic E-state index is 11.0. The molecule has 0 amide bonds. The zero-order chi connectivity index (χ0) is 12.0. The molecule has 2 aliphatic carbocycles. The molecule has 0 bridgehead atoms. The van der Waals surface area contributed by atoms with Crippen molar-refractivity contribution in [3.63, 3.8) is 0 Å². The Bertz CT molecular complexity index is 330. The van der Waals surface area contributed by atoms with Gasteiger partial charge >= 0.3 is 0 Å². The van der Waals surface area contributed by atoms with E-state index in [4.69, 9.17) is 0 Å². The number of aliphatic hydroxyl groups is 1. The lowest BCUT2D eigenvalue weighted by molar-refractivity contribution is -0.106. The first-order valence-corrected chi connectivity index (χ1v) is 6.45. The highest BCUT2D eigenvalue weighted by molar-refractivity contribution is 5.25. The summed E-state index contributed by atoms with van der Waals surface area (Å²) in [5, 5.41) is 11.0. The fraction of sp³-hybridized carbons (Fsp3) is 0.733. The largest absolute Gasteiger partial charge is 0.385 e. The van der Waals surface area contributed by atoms with Gasteiger partial charge in [-0.1, -0.05) is 25.7 Å². The summed E-state index contributed by atoms with van der Waals surface area (Å²) in [4.78, 5) is 0. The third-order valence-corrected chi connectivity index (χ3v) is 5.07. The van der Waals surface area contributed by atoms with Crippen molar-refractivity contribution in [3.8, 4) is 0 Å². The molecular weight excluding hydrogens is 196 g/mol. The number of rotatable bonds is 1. The Morgan fingerprint density at radius 2 is 2.12 bits per heavy atom. The molecule has 90 valence electrons. The van der Waals surface area contributed by atoms with Gasteiger partial charge in [0.1, 0.15) is 0 Å². The van der Waals surface area contributed by atoms with E-state index in [2.05, 4.69) is 27.0 Å². The van der Waals surface area contributed by atoms with Crippen LogP contribution in [0.5, 0.6) is 0 Å². The number of fused-ring (bicyclic) bond motifs is 1. The Kier molecular flexibility index (Phi) is 2.78. The third-order valence-electron chi connectivity index (χ3n) is 5.07. The van der Waals surface area contributed by atoms with Gasteiger partial charge in [0.15, 0.2) is 0 Å². The second-order valence-electron chi connectivity index (χ2n) is 6.16. The van der Waals surface area contributed by atoms with E-state index in [1.165, 1.54) is 18.4 Å². The van der Waals surface area contributed by atoms with Gasteiger partial charge in [0.25, 0.3) is 0 Å². The zero-order valence-corrected chi connectivity index (χ0v) is 10.7. The monoisotopic (exact) mass is 220 g/mol. The molecule has 2 aliphatic rings. The summed E-state index contributed by atoms with van der Waals surface area (Å²) >= 11 is 0. The molecule has 1 N–H and O–H groups in total. The normalized spacial score (nSPS) is 43.9. The Balaban J connectivity index is 2.29. The van der Waals surface area contributed by atoms with E-state index < -0.39 is 5.60 Å². The molecule has 3 unspecified atom stereocenters. The zero-order valence-electron chi connectivity index (χ0n) is 10.7. The minimum absolute atomic E-state index is 0.0638. The average Bonchev–Trinajstić information content (AvgIpc) is 2.20. The van der Waals surface area contributed by atoms with Crippen LogP contribution in [-0.4, -0.2) is 10.7 Å². The average molecular weight is 220 g/mol. The first kappa shape index (κ1) is 11.9. The van der Waals surface area contributed by atoms with E-state index in [9.17, 15) is 5.11 Å². The van der Waals surface area contributed by atoms with E-state index in [1.54, 1.807) is 0 Å². The highest BCUT2D eigenvalue weighted by Gasteiger charge is 2.53. The minimum atomic E-state index is -0.632. The summed E-state index contributed by atoms with van der Waals surface area (Å²) in [7, 11) is 0. The fourth-order valence-corrected chi connectivity index (χ4v) is 3.63. The maximum Gasteiger partial charge on any atom is 0.0913 e. The molecule has 0 heterocycles. The predicted molar refractivity (Wildman–Crippen MR) is 68.2 cm³/mol. The highest BCUT2D eigenvalue weighted by atomic mass is 16.3. The molecule has 0 saturated heterocycles. The van der Waals surface area contributed by atoms with Crippen LogP contribution in [0.2, 0.25) is 0 Å². The Morgan fingerprint density at radius 1 is 1.44 bits per heavy atom. The quantitative estimate of drug-likeness (QED) is 0.666. The first-order valence-electron chi connectivity index (χ1n) is 6.45. The van der Waals surface area contributed by atoms with Crippen LogP contribution in [0.3, 0.4) is 0 Å². The lowest BCUT2D eigenvalue weighted by Gasteiger charge is -2.55. The molecule has 0 aromatic heterocycles. The van der Waals surface area contributed by atoms with Crippen molar-refractivity contribution >= 4 is 0 Å². The van der Waals surface area contributed by atoms with Crippen molar-refractivity contribution in [1.29, 1.82) is 0 Å². The smallest absolute Gasteiger partial charge is 0.0913 e. The Labute approximate surface area is 99.3 Å². The first-order chi connectivity index (χ1) is 7.39. The SMILES string of the molecule is C=C(C)C1CCC2(C)CCCC(=C)C2(O)C1. The summed E-state index contributed by atoms with van der Waals surface area (Å²) in [6, 6.07) is 0. The van der Waals surface area contributed by atoms with Gasteiger partial charge in [-0.3, -0.25) is 0 Å². The topological polar surface area (TPSA) is 20.2 Å². The summed E-state index contributed by atoms with van der Waals surface area (Å²) in [5.74, 6) is 0.480. The molecule has 0 aliphatic heterocycles. The van der Waals surface area contributed by atoms with E-state index in [0.717, 1.165) is 31.3 Å². The fourth-order valence-electron chi connectivity index (χ4n) is 3.63. The van der Waals surface area contributed by atoms with Crippen molar-refractivity contribution in [1.82, 2.24) is 0 Å². The molecular formula is C15H24O. The van der Waals surface area contributed by atoms with Crippen LogP contribution in [0, 0.1) is 11.3 Å². The van der Waals surface area contributed by atoms with Crippen LogP contribution in [0.1, 0.15) is 52.4 Å². The van der Waals surface area contributed by atoms with E-state index in [-0.39, 0.29) is 5.41 Å². The van der Waals surface area contributed by atoms with Crippen molar-refractivity contribution < 1.29 is 5.11 Å². The van der Waals surface area contributed by atoms with Crippen molar-refractivity contribution in [2.24, 2.45) is 11.3 Å². The molecule has 2 rings (SSSR count). The van der Waals surface area contributed by atoms with Crippen LogP contribution in [0.4, 0.5) is 0 Å². The van der Waals surface area contributed by atoms with Gasteiger partial charge in [-0.25, -0.2) is 0 Å². The number of hydrogen-bond donors (Lipinski definition) is 1. The van der Waals surface area contributed by atoms with Gasteiger partial charge in [0, 0.05) is 5.41 Å². The highest BCUT2D eigenvalue weighted by Crippen LogP contribution is 2.56. The molecule has 3 atom stereocenters. The minimum Gasteiger partial charge on any atom is -0.385 e. The number of allylic oxidation sites excluding steroid dienone is 1. The summed E-state index contributed by atoms with van der Waals surface area (Å²) in [6.07, 6.45) is 6.47. The molecule has 2 saturated carbocycles. The van der Waals surface area contributed by atoms with Gasteiger partial charge in [-0.15, -0.1) is 0 Å². The van der Waals surface area contributed by atoms with Crippen LogP contribution < -0.4 is 0 Å². The summed E-state index contributed by atoms with van der Waals surface area (Å²) in [5.41, 5.74) is 1.71. The lowest BCUT2D eigenvalue weighted by atomic mass is 9.53. The Hall–Kier alpha value is -0.560. The molecule has 0 spiro atoms. The number of hydrogen-bond acceptors (Lipinski definition) is 1. The second kappa shape index (κ2) is 3.73. The van der Waals surface area contributed by atoms with Gasteiger partial charge in [-0.05, 0) is 56.9 Å². The van der Waals surface area contributed by atoms with Crippen LogP contribution >= 0.6 is 0 Å². The Morgan fingerprint density at radius 3 is 2.75 bits per heavy atom. The van der Waals surface area contributed by atoms with Crippen molar-refractivity contribution in [2.45, 2.75) is 58.0 Å². The van der Waals surface area contributed by atoms with Gasteiger partial charge < -0.3 is 5.11 Å². The maximum atomic E-state index is 11.0. The second-order valence-corrected chi connectivity index (χ2v) is 6.16. The molecule has 1 heteroatoms. The molecule has 0 radical (unpaired) electrons. The summed E-state index contributed by atoms with van der Waals surface area (Å²) < 4.78 is 0. The molecule has 0 aromatic carbocycles. The van der Waals surface area contributed by atoms with E-state index in [0.29, 0.717) is 5.92 Å². The predicted octanol–water partition coefficient (Wildman–Crippen LogP) is 3.84. The third kappa shape index (κ3) is 1.57. The van der Waals surface area contributed by atoms with Crippen molar-refractivity contribution in [3.05, 3.63) is 24.3 Å². The summed E-state index contributed by atoms with van der Waals surface area (Å²) in [6.45, 7) is 12.5. The molecule has 1 nitrogen and oxygen atoms in total. The van der Waals surface area contributed by atoms with Crippen LogP contribution in [-0.2, 0) is 0 Å². The van der Waals surface area contributed by atoms with Gasteiger partial charge in [0.05, 0.1) is 5.60 Å². The van der Waals surface area contributed by atoms with E-state index >= 15 is 0 Å². The van der Waals surface area contributed by atoms with Crippen molar-refractivity contribution in [2.75, 3.05) is 0 Å². The molecule has 2 fully saturated rings. The molecule has 0 aromatic rings. The van der Waals surface area contributed by atoms with Gasteiger partial charge in [0.2, 0.25) is 0 Å².